The van der Waals surface area contributed by atoms with Crippen LogP contribution in [0.4, 0.5) is 11.4 Å². The summed E-state index contributed by atoms with van der Waals surface area (Å²) in [5.74, 6) is 0. The highest BCUT2D eigenvalue weighted by atomic mass is 16.6. The molecule has 0 fully saturated rings. The fourth-order valence-electron chi connectivity index (χ4n) is 2.42. The Hall–Kier alpha value is -3.02. The van der Waals surface area contributed by atoms with E-state index in [-0.39, 0.29) is 16.8 Å². The second-order valence-electron chi connectivity index (χ2n) is 4.33. The van der Waals surface area contributed by atoms with Crippen molar-refractivity contribution < 1.29 is 9.85 Å². The molecular formula is C14H8N2O4. The molecule has 0 N–H and O–H groups in total. The summed E-state index contributed by atoms with van der Waals surface area (Å²) < 4.78 is 0. The van der Waals surface area contributed by atoms with Crippen molar-refractivity contribution in [1.82, 2.24) is 0 Å². The Morgan fingerprint density at radius 1 is 0.750 bits per heavy atom. The molecular weight excluding hydrogens is 260 g/mol. The molecule has 0 bridgehead atoms. The number of nitro benzene ring substituents is 2. The minimum absolute atomic E-state index is 0.0706. The fourth-order valence-corrected chi connectivity index (χ4v) is 2.42. The molecule has 98 valence electrons. The Morgan fingerprint density at radius 2 is 1.40 bits per heavy atom. The van der Waals surface area contributed by atoms with Gasteiger partial charge in [0, 0.05) is 17.5 Å². The summed E-state index contributed by atoms with van der Waals surface area (Å²) >= 11 is 0. The van der Waals surface area contributed by atoms with Crippen molar-refractivity contribution in [3.63, 3.8) is 0 Å². The van der Waals surface area contributed by atoms with Gasteiger partial charge in [0.25, 0.3) is 11.4 Å². The normalized spacial score (nSPS) is 10.8. The summed E-state index contributed by atoms with van der Waals surface area (Å²) in [6.07, 6.45) is 0. The van der Waals surface area contributed by atoms with Gasteiger partial charge in [-0.1, -0.05) is 36.4 Å². The van der Waals surface area contributed by atoms with E-state index in [2.05, 4.69) is 0 Å². The summed E-state index contributed by atoms with van der Waals surface area (Å²) in [7, 11) is 0. The lowest BCUT2D eigenvalue weighted by Gasteiger charge is -2.05. The van der Waals surface area contributed by atoms with Crippen molar-refractivity contribution in [1.29, 1.82) is 0 Å². The summed E-state index contributed by atoms with van der Waals surface area (Å²) in [4.78, 5) is 21.2. The molecule has 0 saturated carbocycles. The molecule has 0 radical (unpaired) electrons. The predicted octanol–water partition coefficient (Wildman–Crippen LogP) is 3.81. The summed E-state index contributed by atoms with van der Waals surface area (Å²) in [6.45, 7) is 0. The zero-order valence-corrected chi connectivity index (χ0v) is 10.1. The van der Waals surface area contributed by atoms with Crippen LogP contribution < -0.4 is 0 Å². The quantitative estimate of drug-likeness (QED) is 0.401. The first-order valence-corrected chi connectivity index (χ1v) is 5.83. The van der Waals surface area contributed by atoms with Crippen molar-refractivity contribution in [2.75, 3.05) is 0 Å². The number of rotatable bonds is 2. The first-order valence-electron chi connectivity index (χ1n) is 5.83. The Morgan fingerprint density at radius 3 is 2.10 bits per heavy atom. The number of hydrogen-bond donors (Lipinski definition) is 0. The van der Waals surface area contributed by atoms with Crippen molar-refractivity contribution in [3.05, 3.63) is 68.8 Å². The van der Waals surface area contributed by atoms with E-state index in [1.807, 2.05) is 0 Å². The van der Waals surface area contributed by atoms with E-state index in [4.69, 9.17) is 0 Å². The van der Waals surface area contributed by atoms with E-state index in [0.29, 0.717) is 10.8 Å². The van der Waals surface area contributed by atoms with Crippen LogP contribution in [0.15, 0.2) is 48.5 Å². The van der Waals surface area contributed by atoms with Gasteiger partial charge in [-0.05, 0) is 10.8 Å². The van der Waals surface area contributed by atoms with Crippen LogP contribution in [0.3, 0.4) is 0 Å². The number of non-ortho nitro benzene ring substituents is 2. The van der Waals surface area contributed by atoms with Gasteiger partial charge in [-0.3, -0.25) is 20.2 Å². The maximum absolute atomic E-state index is 11.2. The maximum atomic E-state index is 11.2. The van der Waals surface area contributed by atoms with Gasteiger partial charge in [-0.15, -0.1) is 0 Å². The number of nitro groups is 2. The number of nitrogens with zero attached hydrogens (tertiary/aromatic N) is 2. The van der Waals surface area contributed by atoms with Gasteiger partial charge in [0.2, 0.25) is 0 Å². The van der Waals surface area contributed by atoms with Crippen LogP contribution in [0.2, 0.25) is 0 Å². The lowest BCUT2D eigenvalue weighted by atomic mass is 9.99. The molecule has 3 aromatic rings. The third kappa shape index (κ3) is 1.66. The highest BCUT2D eigenvalue weighted by Gasteiger charge is 2.23. The predicted molar refractivity (Wildman–Crippen MR) is 74.8 cm³/mol. The SMILES string of the molecule is O=[N+]([O-])c1cccc2c1c([N+](=O)[O-])cc1ccccc12. The third-order valence-electron chi connectivity index (χ3n) is 3.24. The molecule has 0 aromatic heterocycles. The van der Waals surface area contributed by atoms with Gasteiger partial charge in [0.15, 0.2) is 0 Å². The summed E-state index contributed by atoms with van der Waals surface area (Å²) in [6, 6.07) is 13.0. The van der Waals surface area contributed by atoms with E-state index < -0.39 is 9.85 Å². The van der Waals surface area contributed by atoms with E-state index in [9.17, 15) is 20.2 Å². The van der Waals surface area contributed by atoms with Crippen LogP contribution in [0.1, 0.15) is 0 Å². The molecule has 0 aliphatic carbocycles. The second-order valence-corrected chi connectivity index (χ2v) is 4.33. The van der Waals surface area contributed by atoms with Crippen LogP contribution in [0.25, 0.3) is 21.5 Å². The van der Waals surface area contributed by atoms with Gasteiger partial charge in [-0.2, -0.15) is 0 Å². The van der Waals surface area contributed by atoms with Crippen molar-refractivity contribution >= 4 is 32.9 Å². The molecule has 0 aliphatic heterocycles. The van der Waals surface area contributed by atoms with Crippen LogP contribution in [0.5, 0.6) is 0 Å². The molecule has 0 atom stereocenters. The van der Waals surface area contributed by atoms with E-state index in [0.717, 1.165) is 5.39 Å². The molecule has 0 heterocycles. The lowest BCUT2D eigenvalue weighted by molar-refractivity contribution is -0.390. The van der Waals surface area contributed by atoms with E-state index >= 15 is 0 Å². The first kappa shape index (κ1) is 12.0. The minimum Gasteiger partial charge on any atom is -0.258 e. The number of benzene rings is 3. The molecule has 3 rings (SSSR count). The van der Waals surface area contributed by atoms with Crippen LogP contribution in [-0.2, 0) is 0 Å². The maximum Gasteiger partial charge on any atom is 0.284 e. The van der Waals surface area contributed by atoms with Crippen molar-refractivity contribution in [2.45, 2.75) is 0 Å². The molecule has 6 heteroatoms. The molecule has 3 aromatic carbocycles. The van der Waals surface area contributed by atoms with Crippen LogP contribution in [0, 0.1) is 20.2 Å². The van der Waals surface area contributed by atoms with Gasteiger partial charge in [-0.25, -0.2) is 0 Å². The second kappa shape index (κ2) is 4.27. The van der Waals surface area contributed by atoms with Gasteiger partial charge in [0.1, 0.15) is 5.39 Å². The smallest absolute Gasteiger partial charge is 0.258 e. The Bertz CT molecular complexity index is 874. The summed E-state index contributed by atoms with van der Waals surface area (Å²) in [5, 5.41) is 24.4. The highest BCUT2D eigenvalue weighted by molar-refractivity contribution is 6.14. The first-order chi connectivity index (χ1) is 9.59. The molecule has 0 amide bonds. The van der Waals surface area contributed by atoms with E-state index in [1.54, 1.807) is 30.3 Å². The molecule has 6 nitrogen and oxygen atoms in total. The molecule has 0 spiro atoms. The minimum atomic E-state index is -0.593. The number of hydrogen-bond acceptors (Lipinski definition) is 4. The van der Waals surface area contributed by atoms with Crippen molar-refractivity contribution in [2.24, 2.45) is 0 Å². The number of fused-ring (bicyclic) bond motifs is 3. The molecule has 0 saturated heterocycles. The van der Waals surface area contributed by atoms with Gasteiger partial charge < -0.3 is 0 Å². The van der Waals surface area contributed by atoms with Gasteiger partial charge >= 0.3 is 0 Å². The average molecular weight is 268 g/mol. The molecule has 0 unspecified atom stereocenters. The van der Waals surface area contributed by atoms with Gasteiger partial charge in [0.05, 0.1) is 9.85 Å². The third-order valence-corrected chi connectivity index (χ3v) is 3.24. The van der Waals surface area contributed by atoms with Crippen LogP contribution in [-0.4, -0.2) is 9.85 Å². The molecule has 20 heavy (non-hydrogen) atoms. The zero-order valence-electron chi connectivity index (χ0n) is 10.1. The lowest BCUT2D eigenvalue weighted by Crippen LogP contribution is -1.95. The van der Waals surface area contributed by atoms with E-state index in [1.165, 1.54) is 18.2 Å². The standard InChI is InChI=1S/C14H8N2O4/c17-15(18)12-7-3-6-11-10-5-2-1-4-9(10)8-13(14(11)12)16(19)20/h1-8H. The van der Waals surface area contributed by atoms with Crippen LogP contribution >= 0.6 is 0 Å². The topological polar surface area (TPSA) is 86.3 Å². The fraction of sp³-hybridized carbons (Fsp3) is 0. The van der Waals surface area contributed by atoms with Crippen molar-refractivity contribution in [3.8, 4) is 0 Å². The highest BCUT2D eigenvalue weighted by Crippen LogP contribution is 2.38. The Labute approximate surface area is 112 Å². The Kier molecular flexibility index (Phi) is 2.57. The Balaban J connectivity index is 2.62. The monoisotopic (exact) mass is 268 g/mol. The summed E-state index contributed by atoms with van der Waals surface area (Å²) in [5.41, 5.74) is -0.494. The zero-order chi connectivity index (χ0) is 14.3. The largest absolute Gasteiger partial charge is 0.284 e. The average Bonchev–Trinajstić information content (AvgIpc) is 2.45. The molecule has 0 aliphatic rings.